The minimum absolute atomic E-state index is 0.0631. The van der Waals surface area contributed by atoms with Crippen molar-refractivity contribution < 1.29 is 4.39 Å². The van der Waals surface area contributed by atoms with Crippen LogP contribution in [0.3, 0.4) is 0 Å². The number of H-pyrrole nitrogens is 1. The average molecular weight is 304 g/mol. The molecule has 3 nitrogen and oxygen atoms in total. The highest BCUT2D eigenvalue weighted by Gasteiger charge is 2.32. The Morgan fingerprint density at radius 3 is 2.78 bits per heavy atom. The number of fused-ring (bicyclic) bond motifs is 1. The number of allylic oxidation sites excluding steroid dienone is 1. The van der Waals surface area contributed by atoms with Gasteiger partial charge in [0.2, 0.25) is 5.79 Å². The lowest BCUT2D eigenvalue weighted by Gasteiger charge is -2.19. The molecule has 0 radical (unpaired) electrons. The van der Waals surface area contributed by atoms with Crippen molar-refractivity contribution in [3.63, 3.8) is 0 Å². The third-order valence-corrected chi connectivity index (χ3v) is 4.04. The highest BCUT2D eigenvalue weighted by molar-refractivity contribution is 5.85. The Morgan fingerprint density at radius 1 is 1.09 bits per heavy atom. The molecule has 0 bridgehead atoms. The summed E-state index contributed by atoms with van der Waals surface area (Å²) < 4.78 is 15.0. The largest absolute Gasteiger partial charge is 0.361 e. The maximum absolute atomic E-state index is 15.0. The molecule has 1 atom stereocenters. The number of aliphatic imine (C=N–C) groups is 1. The normalized spacial score (nSPS) is 19.5. The zero-order valence-corrected chi connectivity index (χ0v) is 12.2. The number of nitrogens with zero attached hydrogens (tertiary/aromatic N) is 1. The number of pyridine rings is 1. The third-order valence-electron chi connectivity index (χ3n) is 4.04. The van der Waals surface area contributed by atoms with Crippen molar-refractivity contribution in [2.75, 3.05) is 0 Å². The van der Waals surface area contributed by atoms with E-state index in [0.717, 1.165) is 16.6 Å². The van der Waals surface area contributed by atoms with E-state index in [-0.39, 0.29) is 5.43 Å². The Morgan fingerprint density at radius 2 is 1.96 bits per heavy atom. The summed E-state index contributed by atoms with van der Waals surface area (Å²) in [4.78, 5) is 19.0. The van der Waals surface area contributed by atoms with Crippen molar-refractivity contribution in [1.82, 2.24) is 4.98 Å². The Bertz CT molecular complexity index is 1010. The first kappa shape index (κ1) is 13.6. The zero-order valence-electron chi connectivity index (χ0n) is 12.2. The topological polar surface area (TPSA) is 45.2 Å². The maximum atomic E-state index is 15.0. The van der Waals surface area contributed by atoms with E-state index in [9.17, 15) is 4.79 Å². The molecule has 4 rings (SSSR count). The number of rotatable bonds is 2. The van der Waals surface area contributed by atoms with Crippen LogP contribution in [-0.2, 0) is 5.79 Å². The molecule has 1 aliphatic heterocycles. The average Bonchev–Trinajstić information content (AvgIpc) is 3.03. The maximum Gasteiger partial charge on any atom is 0.245 e. The Kier molecular flexibility index (Phi) is 2.98. The van der Waals surface area contributed by atoms with Gasteiger partial charge in [0.25, 0.3) is 0 Å². The molecule has 0 amide bonds. The lowest BCUT2D eigenvalue weighted by molar-refractivity contribution is 0.254. The summed E-state index contributed by atoms with van der Waals surface area (Å²) in [5.74, 6) is -1.85. The molecule has 1 unspecified atom stereocenters. The molecule has 1 aliphatic rings. The summed E-state index contributed by atoms with van der Waals surface area (Å²) in [6.45, 7) is 0. The van der Waals surface area contributed by atoms with Crippen LogP contribution in [0, 0.1) is 0 Å². The number of alkyl halides is 1. The van der Waals surface area contributed by atoms with Crippen molar-refractivity contribution >= 4 is 17.1 Å². The van der Waals surface area contributed by atoms with Crippen LogP contribution in [0.1, 0.15) is 5.56 Å². The fourth-order valence-electron chi connectivity index (χ4n) is 2.90. The third kappa shape index (κ3) is 2.19. The molecule has 3 aromatic rings. The number of halogens is 1. The molecule has 0 saturated heterocycles. The second-order valence-electron chi connectivity index (χ2n) is 5.46. The molecule has 0 aliphatic carbocycles. The quantitative estimate of drug-likeness (QED) is 0.716. The number of benzene rings is 2. The molecule has 1 aromatic heterocycles. The first-order valence-corrected chi connectivity index (χ1v) is 7.31. The molecule has 4 heteroatoms. The molecule has 1 N–H and O–H groups in total. The SMILES string of the molecule is O=c1cc[nH]c2ccc(-c3ccccc3C3(F)C=CC=N3)cc12. The van der Waals surface area contributed by atoms with E-state index >= 15 is 4.39 Å². The number of hydrogen-bond donors (Lipinski definition) is 1. The Hall–Kier alpha value is -3.01. The lowest BCUT2D eigenvalue weighted by Crippen LogP contribution is -2.13. The highest BCUT2D eigenvalue weighted by Crippen LogP contribution is 2.38. The van der Waals surface area contributed by atoms with Crippen LogP contribution in [0.5, 0.6) is 0 Å². The van der Waals surface area contributed by atoms with Gasteiger partial charge in [-0.25, -0.2) is 9.38 Å². The van der Waals surface area contributed by atoms with Crippen LogP contribution in [0.4, 0.5) is 4.39 Å². The summed E-state index contributed by atoms with van der Waals surface area (Å²) in [6.07, 6.45) is 6.11. The fourth-order valence-corrected chi connectivity index (χ4v) is 2.90. The van der Waals surface area contributed by atoms with Crippen LogP contribution < -0.4 is 5.43 Å². The van der Waals surface area contributed by atoms with E-state index in [4.69, 9.17) is 0 Å². The number of nitrogens with one attached hydrogen (secondary N) is 1. The molecule has 112 valence electrons. The smallest absolute Gasteiger partial charge is 0.245 e. The number of aromatic nitrogens is 1. The van der Waals surface area contributed by atoms with Crippen molar-refractivity contribution in [2.24, 2.45) is 4.99 Å². The first-order chi connectivity index (χ1) is 11.2. The minimum Gasteiger partial charge on any atom is -0.361 e. The molecule has 0 spiro atoms. The summed E-state index contributed by atoms with van der Waals surface area (Å²) in [6, 6.07) is 14.2. The standard InChI is InChI=1S/C19H13FN2O/c20-19(9-3-10-22-19)16-5-2-1-4-14(16)13-6-7-17-15(12-13)18(23)8-11-21-17/h1-12H,(H,21,23). The van der Waals surface area contributed by atoms with Crippen LogP contribution in [-0.4, -0.2) is 11.2 Å². The van der Waals surface area contributed by atoms with E-state index in [1.54, 1.807) is 30.5 Å². The van der Waals surface area contributed by atoms with Gasteiger partial charge in [0.1, 0.15) is 0 Å². The molecular formula is C19H13FN2O. The Balaban J connectivity index is 1.96. The van der Waals surface area contributed by atoms with Gasteiger partial charge in [-0.05, 0) is 35.4 Å². The minimum atomic E-state index is -1.85. The first-order valence-electron chi connectivity index (χ1n) is 7.31. The zero-order chi connectivity index (χ0) is 15.9. The van der Waals surface area contributed by atoms with Gasteiger partial charge in [-0.3, -0.25) is 4.79 Å². The predicted molar refractivity (Wildman–Crippen MR) is 90.4 cm³/mol. The molecule has 2 heterocycles. The Labute approximate surface area is 131 Å². The van der Waals surface area contributed by atoms with Gasteiger partial charge in [-0.15, -0.1) is 0 Å². The van der Waals surface area contributed by atoms with Crippen LogP contribution >= 0.6 is 0 Å². The van der Waals surface area contributed by atoms with Gasteiger partial charge in [-0.1, -0.05) is 30.3 Å². The van der Waals surface area contributed by atoms with Gasteiger partial charge in [0, 0.05) is 34.9 Å². The lowest BCUT2D eigenvalue weighted by atomic mass is 9.93. The van der Waals surface area contributed by atoms with E-state index in [0.29, 0.717) is 10.9 Å². The van der Waals surface area contributed by atoms with Crippen LogP contribution in [0.15, 0.2) is 76.7 Å². The van der Waals surface area contributed by atoms with Gasteiger partial charge in [-0.2, -0.15) is 0 Å². The molecule has 2 aromatic carbocycles. The monoisotopic (exact) mass is 304 g/mol. The van der Waals surface area contributed by atoms with E-state index in [1.807, 2.05) is 24.3 Å². The van der Waals surface area contributed by atoms with Gasteiger partial charge in [0.15, 0.2) is 5.43 Å². The van der Waals surface area contributed by atoms with E-state index < -0.39 is 5.79 Å². The van der Waals surface area contributed by atoms with E-state index in [1.165, 1.54) is 18.4 Å². The van der Waals surface area contributed by atoms with Gasteiger partial charge in [0.05, 0.1) is 0 Å². The van der Waals surface area contributed by atoms with Crippen molar-refractivity contribution in [3.8, 4) is 11.1 Å². The number of hydrogen-bond acceptors (Lipinski definition) is 2. The summed E-state index contributed by atoms with van der Waals surface area (Å²) in [7, 11) is 0. The molecule has 0 saturated carbocycles. The predicted octanol–water partition coefficient (Wildman–Crippen LogP) is 3.96. The van der Waals surface area contributed by atoms with Crippen LogP contribution in [0.25, 0.3) is 22.0 Å². The van der Waals surface area contributed by atoms with Crippen molar-refractivity contribution in [2.45, 2.75) is 5.79 Å². The number of aromatic amines is 1. The summed E-state index contributed by atoms with van der Waals surface area (Å²) in [5.41, 5.74) is 2.68. The second-order valence-corrected chi connectivity index (χ2v) is 5.46. The fraction of sp³-hybridized carbons (Fsp3) is 0.0526. The second kappa shape index (κ2) is 5.02. The van der Waals surface area contributed by atoms with Crippen molar-refractivity contribution in [1.29, 1.82) is 0 Å². The van der Waals surface area contributed by atoms with Crippen molar-refractivity contribution in [3.05, 3.63) is 82.7 Å². The summed E-state index contributed by atoms with van der Waals surface area (Å²) >= 11 is 0. The summed E-state index contributed by atoms with van der Waals surface area (Å²) in [5, 5.41) is 0.582. The molecule has 0 fully saturated rings. The van der Waals surface area contributed by atoms with Crippen LogP contribution in [0.2, 0.25) is 0 Å². The highest BCUT2D eigenvalue weighted by atomic mass is 19.1. The van der Waals surface area contributed by atoms with E-state index in [2.05, 4.69) is 9.98 Å². The van der Waals surface area contributed by atoms with Gasteiger partial charge >= 0.3 is 0 Å². The molecule has 23 heavy (non-hydrogen) atoms. The van der Waals surface area contributed by atoms with Gasteiger partial charge < -0.3 is 4.98 Å². The molecular weight excluding hydrogens is 291 g/mol.